The monoisotopic (exact) mass is 350 g/mol. The molecule has 0 saturated heterocycles. The average molecular weight is 351 g/mol. The van der Waals surface area contributed by atoms with Gasteiger partial charge < -0.3 is 4.90 Å². The van der Waals surface area contributed by atoms with Gasteiger partial charge in [0.25, 0.3) is 0 Å². The standard InChI is InChI=1S/C18H23ClN2OS/c1-4-21(5-2)17(14-9-7-6-8-10-14)18(22)20(3)13-15-11-12-16(19)23-15/h6-12,17H,4-5,13H2,1-3H3. The van der Waals surface area contributed by atoms with Crippen LogP contribution in [0.5, 0.6) is 0 Å². The van der Waals surface area contributed by atoms with E-state index >= 15 is 0 Å². The van der Waals surface area contributed by atoms with Crippen LogP contribution in [0.15, 0.2) is 42.5 Å². The van der Waals surface area contributed by atoms with Crippen LogP contribution in [-0.4, -0.2) is 35.8 Å². The fourth-order valence-electron chi connectivity index (χ4n) is 2.69. The van der Waals surface area contributed by atoms with Gasteiger partial charge in [0, 0.05) is 11.9 Å². The normalized spacial score (nSPS) is 12.4. The molecular formula is C18H23ClN2OS. The Hall–Kier alpha value is -1.36. The Morgan fingerprint density at radius 2 is 1.78 bits per heavy atom. The molecule has 0 fully saturated rings. The van der Waals surface area contributed by atoms with E-state index in [1.807, 2.05) is 49.5 Å². The number of thiophene rings is 1. The molecular weight excluding hydrogens is 328 g/mol. The molecule has 124 valence electrons. The molecule has 1 heterocycles. The summed E-state index contributed by atoms with van der Waals surface area (Å²) in [5, 5.41) is 0. The van der Waals surface area contributed by atoms with Gasteiger partial charge in [-0.2, -0.15) is 0 Å². The summed E-state index contributed by atoms with van der Waals surface area (Å²) >= 11 is 7.50. The Kier molecular flexibility index (Phi) is 6.63. The zero-order valence-corrected chi connectivity index (χ0v) is 15.4. The van der Waals surface area contributed by atoms with Crippen molar-refractivity contribution in [3.05, 3.63) is 57.2 Å². The summed E-state index contributed by atoms with van der Waals surface area (Å²) in [5.74, 6) is 0.115. The molecule has 0 saturated carbocycles. The maximum Gasteiger partial charge on any atom is 0.244 e. The minimum atomic E-state index is -0.244. The molecule has 0 aliphatic carbocycles. The van der Waals surface area contributed by atoms with Crippen molar-refractivity contribution in [2.75, 3.05) is 20.1 Å². The number of hydrogen-bond acceptors (Lipinski definition) is 3. The molecule has 0 aliphatic heterocycles. The topological polar surface area (TPSA) is 23.6 Å². The highest BCUT2D eigenvalue weighted by atomic mass is 35.5. The van der Waals surface area contributed by atoms with Crippen molar-refractivity contribution < 1.29 is 4.79 Å². The molecule has 1 aromatic heterocycles. The van der Waals surface area contributed by atoms with Crippen LogP contribution in [0, 0.1) is 0 Å². The number of carbonyl (C=O) groups excluding carboxylic acids is 1. The van der Waals surface area contributed by atoms with E-state index in [2.05, 4.69) is 18.7 Å². The molecule has 0 aliphatic rings. The largest absolute Gasteiger partial charge is 0.339 e. The van der Waals surface area contributed by atoms with Crippen LogP contribution in [0.1, 0.15) is 30.3 Å². The summed E-state index contributed by atoms with van der Waals surface area (Å²) in [6.45, 7) is 6.43. The second kappa shape index (κ2) is 8.48. The van der Waals surface area contributed by atoms with E-state index in [0.717, 1.165) is 27.9 Å². The van der Waals surface area contributed by atoms with Crippen molar-refractivity contribution in [1.29, 1.82) is 0 Å². The van der Waals surface area contributed by atoms with Gasteiger partial charge in [-0.05, 0) is 30.8 Å². The van der Waals surface area contributed by atoms with Gasteiger partial charge >= 0.3 is 0 Å². The summed E-state index contributed by atoms with van der Waals surface area (Å²) in [4.78, 5) is 18.1. The van der Waals surface area contributed by atoms with E-state index in [4.69, 9.17) is 11.6 Å². The molecule has 23 heavy (non-hydrogen) atoms. The Morgan fingerprint density at radius 3 is 2.30 bits per heavy atom. The lowest BCUT2D eigenvalue weighted by molar-refractivity contribution is -0.136. The molecule has 0 radical (unpaired) electrons. The smallest absolute Gasteiger partial charge is 0.244 e. The average Bonchev–Trinajstić information content (AvgIpc) is 2.97. The number of likely N-dealkylation sites (N-methyl/N-ethyl adjacent to an activating group) is 2. The third-order valence-electron chi connectivity index (χ3n) is 3.92. The summed E-state index contributed by atoms with van der Waals surface area (Å²) in [6, 6.07) is 13.6. The van der Waals surface area contributed by atoms with Gasteiger partial charge in [-0.25, -0.2) is 0 Å². The fraction of sp³-hybridized carbons (Fsp3) is 0.389. The van der Waals surface area contributed by atoms with Crippen LogP contribution in [0.2, 0.25) is 4.34 Å². The van der Waals surface area contributed by atoms with Crippen LogP contribution >= 0.6 is 22.9 Å². The number of benzene rings is 1. The van der Waals surface area contributed by atoms with Crippen LogP contribution in [0.3, 0.4) is 0 Å². The van der Waals surface area contributed by atoms with Crippen LogP contribution in [0.25, 0.3) is 0 Å². The first kappa shape index (κ1) is 18.0. The predicted octanol–water partition coefficient (Wildman–Crippen LogP) is 4.44. The van der Waals surface area contributed by atoms with Crippen molar-refractivity contribution in [3.63, 3.8) is 0 Å². The SMILES string of the molecule is CCN(CC)C(C(=O)N(C)Cc1ccc(Cl)s1)c1ccccc1. The first-order valence-corrected chi connectivity index (χ1v) is 9.04. The van der Waals surface area contributed by atoms with E-state index in [1.54, 1.807) is 4.90 Å². The van der Waals surface area contributed by atoms with E-state index in [1.165, 1.54) is 11.3 Å². The zero-order valence-electron chi connectivity index (χ0n) is 13.8. The third kappa shape index (κ3) is 4.56. The minimum absolute atomic E-state index is 0.115. The van der Waals surface area contributed by atoms with Crippen molar-refractivity contribution in [2.45, 2.75) is 26.4 Å². The van der Waals surface area contributed by atoms with Crippen molar-refractivity contribution in [1.82, 2.24) is 9.80 Å². The summed E-state index contributed by atoms with van der Waals surface area (Å²) in [7, 11) is 1.86. The molecule has 0 bridgehead atoms. The first-order chi connectivity index (χ1) is 11.1. The number of carbonyl (C=O) groups is 1. The van der Waals surface area contributed by atoms with Gasteiger partial charge in [-0.3, -0.25) is 9.69 Å². The maximum absolute atomic E-state index is 13.1. The van der Waals surface area contributed by atoms with Crippen molar-refractivity contribution >= 4 is 28.8 Å². The highest BCUT2D eigenvalue weighted by Crippen LogP contribution is 2.26. The fourth-order valence-corrected chi connectivity index (χ4v) is 3.83. The summed E-state index contributed by atoms with van der Waals surface area (Å²) < 4.78 is 0.754. The van der Waals surface area contributed by atoms with Crippen LogP contribution in [0.4, 0.5) is 0 Å². The highest BCUT2D eigenvalue weighted by molar-refractivity contribution is 7.16. The second-order valence-electron chi connectivity index (χ2n) is 5.43. The Morgan fingerprint density at radius 1 is 1.13 bits per heavy atom. The molecule has 2 rings (SSSR count). The molecule has 0 spiro atoms. The molecule has 1 aromatic carbocycles. The van der Waals surface area contributed by atoms with Gasteiger partial charge in [0.15, 0.2) is 0 Å². The lowest BCUT2D eigenvalue weighted by atomic mass is 10.0. The van der Waals surface area contributed by atoms with E-state index in [9.17, 15) is 4.79 Å². The maximum atomic E-state index is 13.1. The van der Waals surface area contributed by atoms with E-state index in [-0.39, 0.29) is 11.9 Å². The van der Waals surface area contributed by atoms with Gasteiger partial charge in [-0.15, -0.1) is 11.3 Å². The Bertz CT molecular complexity index is 625. The lowest BCUT2D eigenvalue weighted by Crippen LogP contribution is -2.41. The molecule has 2 aromatic rings. The first-order valence-electron chi connectivity index (χ1n) is 7.85. The van der Waals surface area contributed by atoms with Gasteiger partial charge in [0.05, 0.1) is 10.9 Å². The van der Waals surface area contributed by atoms with Crippen molar-refractivity contribution in [3.8, 4) is 0 Å². The Labute approximate surface area is 147 Å². The number of hydrogen-bond donors (Lipinski definition) is 0. The van der Waals surface area contributed by atoms with Crippen molar-refractivity contribution in [2.24, 2.45) is 0 Å². The summed E-state index contributed by atoms with van der Waals surface area (Å²) in [6.07, 6.45) is 0. The molecule has 1 amide bonds. The summed E-state index contributed by atoms with van der Waals surface area (Å²) in [5.41, 5.74) is 1.04. The Balaban J connectivity index is 2.21. The van der Waals surface area contributed by atoms with Gasteiger partial charge in [-0.1, -0.05) is 55.8 Å². The molecule has 0 N–H and O–H groups in total. The molecule has 3 nitrogen and oxygen atoms in total. The van der Waals surface area contributed by atoms with E-state index in [0.29, 0.717) is 6.54 Å². The minimum Gasteiger partial charge on any atom is -0.339 e. The van der Waals surface area contributed by atoms with E-state index < -0.39 is 0 Å². The van der Waals surface area contributed by atoms with Gasteiger partial charge in [0.2, 0.25) is 5.91 Å². The second-order valence-corrected chi connectivity index (χ2v) is 7.23. The lowest BCUT2D eigenvalue weighted by Gasteiger charge is -2.32. The number of rotatable bonds is 7. The number of nitrogens with zero attached hydrogens (tertiary/aromatic N) is 2. The molecule has 1 unspecified atom stereocenters. The quantitative estimate of drug-likeness (QED) is 0.736. The van der Waals surface area contributed by atoms with Gasteiger partial charge in [0.1, 0.15) is 6.04 Å². The zero-order chi connectivity index (χ0) is 16.8. The highest BCUT2D eigenvalue weighted by Gasteiger charge is 2.28. The predicted molar refractivity (Wildman–Crippen MR) is 97.9 cm³/mol. The molecule has 5 heteroatoms. The number of halogens is 1. The van der Waals surface area contributed by atoms with Crippen LogP contribution < -0.4 is 0 Å². The third-order valence-corrected chi connectivity index (χ3v) is 5.14. The number of amides is 1. The molecule has 1 atom stereocenters. The van der Waals surface area contributed by atoms with Crippen LogP contribution in [-0.2, 0) is 11.3 Å².